The zero-order valence-corrected chi connectivity index (χ0v) is 13.2. The lowest BCUT2D eigenvalue weighted by Gasteiger charge is -2.22. The van der Waals surface area contributed by atoms with Gasteiger partial charge < -0.3 is 15.1 Å². The van der Waals surface area contributed by atoms with Crippen LogP contribution in [0.15, 0.2) is 4.99 Å². The Hall–Kier alpha value is -1.26. The fraction of sp³-hybridized carbons (Fsp3) is 0.857. The molecule has 0 unspecified atom stereocenters. The summed E-state index contributed by atoms with van der Waals surface area (Å²) in [7, 11) is 5.53. The van der Waals surface area contributed by atoms with Crippen LogP contribution in [0, 0.1) is 0 Å². The molecule has 0 aliphatic heterocycles. The fourth-order valence-electron chi connectivity index (χ4n) is 1.47. The van der Waals surface area contributed by atoms with Crippen LogP contribution in [0.1, 0.15) is 39.5 Å². The molecule has 112 valence electrons. The van der Waals surface area contributed by atoms with Crippen molar-refractivity contribution in [3.05, 3.63) is 0 Å². The van der Waals surface area contributed by atoms with Gasteiger partial charge in [0, 0.05) is 34.2 Å². The average molecular weight is 270 g/mol. The van der Waals surface area contributed by atoms with Crippen LogP contribution in [-0.2, 0) is 4.79 Å². The molecule has 0 spiro atoms. The number of amides is 1. The molecule has 0 heterocycles. The molecule has 0 radical (unpaired) electrons. The van der Waals surface area contributed by atoms with Crippen LogP contribution in [0.4, 0.5) is 0 Å². The van der Waals surface area contributed by atoms with Crippen molar-refractivity contribution in [2.45, 2.75) is 39.5 Å². The number of likely N-dealkylation sites (N-methyl/N-ethyl adjacent to an activating group) is 1. The maximum atomic E-state index is 11.6. The number of nitrogens with one attached hydrogen (secondary N) is 1. The van der Waals surface area contributed by atoms with E-state index in [2.05, 4.69) is 29.1 Å². The maximum Gasteiger partial charge on any atom is 0.243 e. The van der Waals surface area contributed by atoms with E-state index >= 15 is 0 Å². The quantitative estimate of drug-likeness (QED) is 0.413. The molecule has 19 heavy (non-hydrogen) atoms. The van der Waals surface area contributed by atoms with Crippen LogP contribution in [0.2, 0.25) is 0 Å². The van der Waals surface area contributed by atoms with Crippen LogP contribution in [-0.4, -0.2) is 62.4 Å². The molecule has 0 aliphatic rings. The van der Waals surface area contributed by atoms with Crippen LogP contribution in [0.3, 0.4) is 0 Å². The molecule has 0 aromatic rings. The van der Waals surface area contributed by atoms with E-state index in [9.17, 15) is 4.79 Å². The van der Waals surface area contributed by atoms with Crippen molar-refractivity contribution in [3.63, 3.8) is 0 Å². The van der Waals surface area contributed by atoms with E-state index in [0.717, 1.165) is 44.7 Å². The smallest absolute Gasteiger partial charge is 0.243 e. The maximum absolute atomic E-state index is 11.6. The van der Waals surface area contributed by atoms with E-state index in [1.807, 2.05) is 7.05 Å². The van der Waals surface area contributed by atoms with Gasteiger partial charge in [-0.1, -0.05) is 26.7 Å². The van der Waals surface area contributed by atoms with Gasteiger partial charge >= 0.3 is 0 Å². The SMILES string of the molecule is CCCCNC(=NCC(=O)N(C)C)N(C)CCCC. The second-order valence-corrected chi connectivity index (χ2v) is 4.98. The Kier molecular flexibility index (Phi) is 9.94. The largest absolute Gasteiger partial charge is 0.356 e. The summed E-state index contributed by atoms with van der Waals surface area (Å²) in [6, 6.07) is 0. The number of rotatable bonds is 8. The lowest BCUT2D eigenvalue weighted by atomic mass is 10.3. The number of unbranched alkanes of at least 4 members (excludes halogenated alkanes) is 2. The summed E-state index contributed by atoms with van der Waals surface area (Å²) < 4.78 is 0. The summed E-state index contributed by atoms with van der Waals surface area (Å²) in [4.78, 5) is 19.7. The molecule has 1 amide bonds. The first-order valence-electron chi connectivity index (χ1n) is 7.22. The third-order valence-corrected chi connectivity index (χ3v) is 2.88. The lowest BCUT2D eigenvalue weighted by molar-refractivity contribution is -0.127. The Labute approximate surface area is 118 Å². The van der Waals surface area contributed by atoms with Gasteiger partial charge in [0.1, 0.15) is 6.54 Å². The van der Waals surface area contributed by atoms with Gasteiger partial charge in [0.25, 0.3) is 0 Å². The topological polar surface area (TPSA) is 47.9 Å². The predicted molar refractivity (Wildman–Crippen MR) is 81.4 cm³/mol. The van der Waals surface area contributed by atoms with Gasteiger partial charge in [0.05, 0.1) is 0 Å². The fourth-order valence-corrected chi connectivity index (χ4v) is 1.47. The van der Waals surface area contributed by atoms with Gasteiger partial charge in [-0.2, -0.15) is 0 Å². The molecule has 0 atom stereocenters. The van der Waals surface area contributed by atoms with Crippen LogP contribution < -0.4 is 5.32 Å². The van der Waals surface area contributed by atoms with Gasteiger partial charge in [-0.3, -0.25) is 4.79 Å². The Morgan fingerprint density at radius 2 is 1.74 bits per heavy atom. The Bertz CT molecular complexity index is 277. The lowest BCUT2D eigenvalue weighted by Crippen LogP contribution is -2.40. The molecule has 0 fully saturated rings. The summed E-state index contributed by atoms with van der Waals surface area (Å²) in [5.41, 5.74) is 0. The van der Waals surface area contributed by atoms with Gasteiger partial charge in [0.2, 0.25) is 5.91 Å². The van der Waals surface area contributed by atoms with Crippen molar-refractivity contribution in [2.24, 2.45) is 4.99 Å². The number of hydrogen-bond donors (Lipinski definition) is 1. The Morgan fingerprint density at radius 3 is 2.26 bits per heavy atom. The van der Waals surface area contributed by atoms with Crippen molar-refractivity contribution in [1.29, 1.82) is 0 Å². The Balaban J connectivity index is 4.45. The van der Waals surface area contributed by atoms with E-state index < -0.39 is 0 Å². The van der Waals surface area contributed by atoms with Crippen molar-refractivity contribution in [1.82, 2.24) is 15.1 Å². The number of carbonyl (C=O) groups excluding carboxylic acids is 1. The molecule has 0 aliphatic carbocycles. The summed E-state index contributed by atoms with van der Waals surface area (Å²) in [5, 5.41) is 3.33. The summed E-state index contributed by atoms with van der Waals surface area (Å²) in [6.45, 7) is 6.41. The second-order valence-electron chi connectivity index (χ2n) is 4.98. The molecule has 0 saturated heterocycles. The van der Waals surface area contributed by atoms with Crippen LogP contribution in [0.5, 0.6) is 0 Å². The van der Waals surface area contributed by atoms with Crippen LogP contribution in [0.25, 0.3) is 0 Å². The highest BCUT2D eigenvalue weighted by molar-refractivity contribution is 5.84. The molecule has 0 bridgehead atoms. The molecule has 5 heteroatoms. The summed E-state index contributed by atoms with van der Waals surface area (Å²) in [5.74, 6) is 0.857. The molecule has 5 nitrogen and oxygen atoms in total. The minimum atomic E-state index is 0.0266. The number of aliphatic imine (C=N–C) groups is 1. The molecular weight excluding hydrogens is 240 g/mol. The van der Waals surface area contributed by atoms with Gasteiger partial charge in [-0.25, -0.2) is 4.99 Å². The average Bonchev–Trinajstić information content (AvgIpc) is 2.39. The first-order chi connectivity index (χ1) is 9.02. The van der Waals surface area contributed by atoms with Crippen molar-refractivity contribution in [3.8, 4) is 0 Å². The highest BCUT2D eigenvalue weighted by Crippen LogP contribution is 1.94. The molecule has 0 rings (SSSR count). The summed E-state index contributed by atoms with van der Waals surface area (Å²) >= 11 is 0. The van der Waals surface area contributed by atoms with E-state index in [0.29, 0.717) is 0 Å². The number of hydrogen-bond acceptors (Lipinski definition) is 2. The van der Waals surface area contributed by atoms with E-state index in [1.165, 1.54) is 0 Å². The minimum absolute atomic E-state index is 0.0266. The number of nitrogens with zero attached hydrogens (tertiary/aromatic N) is 3. The van der Waals surface area contributed by atoms with Crippen molar-refractivity contribution < 1.29 is 4.79 Å². The van der Waals surface area contributed by atoms with Gasteiger partial charge in [-0.05, 0) is 12.8 Å². The van der Waals surface area contributed by atoms with Crippen molar-refractivity contribution >= 4 is 11.9 Å². The first-order valence-corrected chi connectivity index (χ1v) is 7.22. The predicted octanol–water partition coefficient (Wildman–Crippen LogP) is 1.55. The van der Waals surface area contributed by atoms with Crippen LogP contribution >= 0.6 is 0 Å². The third-order valence-electron chi connectivity index (χ3n) is 2.88. The van der Waals surface area contributed by atoms with Gasteiger partial charge in [0.15, 0.2) is 5.96 Å². The zero-order chi connectivity index (χ0) is 14.7. The van der Waals surface area contributed by atoms with E-state index in [1.54, 1.807) is 19.0 Å². The van der Waals surface area contributed by atoms with E-state index in [4.69, 9.17) is 0 Å². The molecule has 0 aromatic carbocycles. The molecule has 1 N–H and O–H groups in total. The number of carbonyl (C=O) groups is 1. The Morgan fingerprint density at radius 1 is 1.11 bits per heavy atom. The number of guanidine groups is 1. The molecule has 0 saturated carbocycles. The third kappa shape index (κ3) is 8.46. The summed E-state index contributed by atoms with van der Waals surface area (Å²) in [6.07, 6.45) is 4.55. The van der Waals surface area contributed by atoms with Gasteiger partial charge in [-0.15, -0.1) is 0 Å². The standard InChI is InChI=1S/C14H30N4O/c1-6-8-10-15-14(18(5)11-9-7-2)16-12-13(19)17(3)4/h6-12H2,1-5H3,(H,15,16). The minimum Gasteiger partial charge on any atom is -0.356 e. The second kappa shape index (κ2) is 10.6. The molecular formula is C14H30N4O. The monoisotopic (exact) mass is 270 g/mol. The highest BCUT2D eigenvalue weighted by Gasteiger charge is 2.08. The van der Waals surface area contributed by atoms with E-state index in [-0.39, 0.29) is 12.5 Å². The zero-order valence-electron chi connectivity index (χ0n) is 13.2. The first kappa shape index (κ1) is 17.7. The molecule has 0 aromatic heterocycles. The highest BCUT2D eigenvalue weighted by atomic mass is 16.2. The normalized spacial score (nSPS) is 11.3. The van der Waals surface area contributed by atoms with Crippen molar-refractivity contribution in [2.75, 3.05) is 40.8 Å².